The van der Waals surface area contributed by atoms with Crippen LogP contribution in [-0.2, 0) is 11.2 Å². The van der Waals surface area contributed by atoms with Crippen LogP contribution in [0, 0.1) is 0 Å². The molecule has 1 aliphatic rings. The lowest BCUT2D eigenvalue weighted by atomic mass is 9.99. The van der Waals surface area contributed by atoms with Crippen molar-refractivity contribution in [3.8, 4) is 11.5 Å². The molecule has 8 heteroatoms. The maximum atomic E-state index is 10.1. The van der Waals surface area contributed by atoms with E-state index in [9.17, 15) is 20.4 Å². The summed E-state index contributed by atoms with van der Waals surface area (Å²) in [6.07, 6.45) is -5.86. The average Bonchev–Trinajstić information content (AvgIpc) is 3.10. The molecule has 1 aromatic heterocycles. The Hall–Kier alpha value is -1.68. The normalized spacial score (nSPS) is 28.1. The van der Waals surface area contributed by atoms with Crippen LogP contribution in [0.2, 0.25) is 0 Å². The number of thiophene rings is 1. The molecule has 5 unspecified atom stereocenters. The van der Waals surface area contributed by atoms with E-state index in [0.717, 1.165) is 16.2 Å². The van der Waals surface area contributed by atoms with Gasteiger partial charge in [-0.3, -0.25) is 0 Å². The quantitative estimate of drug-likeness (QED) is 0.551. The summed E-state index contributed by atoms with van der Waals surface area (Å²) in [4.78, 5) is 0.927. The van der Waals surface area contributed by atoms with Gasteiger partial charge in [-0.2, -0.15) is 0 Å². The lowest BCUT2D eigenvalue weighted by Crippen LogP contribution is -2.60. The highest BCUT2D eigenvalue weighted by Crippen LogP contribution is 2.31. The summed E-state index contributed by atoms with van der Waals surface area (Å²) >= 11 is 1.50. The molecule has 27 heavy (non-hydrogen) atoms. The van der Waals surface area contributed by atoms with E-state index < -0.39 is 37.3 Å². The highest BCUT2D eigenvalue weighted by Gasteiger charge is 2.44. The minimum absolute atomic E-state index is 0.493. The third-order valence-corrected chi connectivity index (χ3v) is 5.30. The van der Waals surface area contributed by atoms with E-state index in [1.165, 1.54) is 11.3 Å². The fourth-order valence-corrected chi connectivity index (χ4v) is 3.75. The van der Waals surface area contributed by atoms with Crippen molar-refractivity contribution >= 4 is 11.3 Å². The van der Waals surface area contributed by atoms with Gasteiger partial charge in [0, 0.05) is 6.42 Å². The molecule has 5 atom stereocenters. The first-order valence-electron chi connectivity index (χ1n) is 8.78. The molecule has 0 radical (unpaired) electrons. The van der Waals surface area contributed by atoms with Crippen molar-refractivity contribution < 1.29 is 34.6 Å². The van der Waals surface area contributed by atoms with Gasteiger partial charge in [0.1, 0.15) is 35.9 Å². The van der Waals surface area contributed by atoms with Crippen LogP contribution in [0.1, 0.15) is 17.4 Å². The van der Waals surface area contributed by atoms with Gasteiger partial charge in [-0.15, -0.1) is 11.3 Å². The van der Waals surface area contributed by atoms with Crippen LogP contribution in [0.25, 0.3) is 0 Å². The molecule has 0 aliphatic carbocycles. The van der Waals surface area contributed by atoms with E-state index in [1.807, 2.05) is 36.6 Å². The van der Waals surface area contributed by atoms with Gasteiger partial charge in [-0.25, -0.2) is 0 Å². The Balaban J connectivity index is 1.69. The van der Waals surface area contributed by atoms with E-state index >= 15 is 0 Å². The maximum absolute atomic E-state index is 10.1. The largest absolute Gasteiger partial charge is 0.494 e. The van der Waals surface area contributed by atoms with Gasteiger partial charge in [0.05, 0.1) is 18.1 Å². The predicted octanol–water partition coefficient (Wildman–Crippen LogP) is 0.916. The van der Waals surface area contributed by atoms with Gasteiger partial charge in [0.25, 0.3) is 0 Å². The van der Waals surface area contributed by atoms with Crippen LogP contribution >= 0.6 is 11.3 Å². The second-order valence-corrected chi connectivity index (χ2v) is 7.28. The second kappa shape index (κ2) is 9.01. The number of hydrogen-bond donors (Lipinski definition) is 4. The first-order chi connectivity index (χ1) is 13.0. The molecule has 1 aromatic carbocycles. The van der Waals surface area contributed by atoms with E-state index in [1.54, 1.807) is 6.07 Å². The SMILES string of the molecule is CCOc1ccc(Cc2sccc2OC2OC(CO)C(O)C(O)C2O)cc1. The summed E-state index contributed by atoms with van der Waals surface area (Å²) in [5.41, 5.74) is 1.07. The number of aliphatic hydroxyl groups is 4. The molecule has 2 aromatic rings. The molecule has 2 heterocycles. The summed E-state index contributed by atoms with van der Waals surface area (Å²) in [5.74, 6) is 1.34. The number of benzene rings is 1. The van der Waals surface area contributed by atoms with Crippen molar-refractivity contribution in [1.29, 1.82) is 0 Å². The number of hydrogen-bond acceptors (Lipinski definition) is 8. The third kappa shape index (κ3) is 4.60. The minimum atomic E-state index is -1.46. The maximum Gasteiger partial charge on any atom is 0.229 e. The van der Waals surface area contributed by atoms with Crippen molar-refractivity contribution in [2.24, 2.45) is 0 Å². The van der Waals surface area contributed by atoms with E-state index in [-0.39, 0.29) is 0 Å². The molecule has 4 N–H and O–H groups in total. The molecule has 1 fully saturated rings. The summed E-state index contributed by atoms with van der Waals surface area (Å²) in [6.45, 7) is 2.05. The van der Waals surface area contributed by atoms with Crippen molar-refractivity contribution in [3.63, 3.8) is 0 Å². The summed E-state index contributed by atoms with van der Waals surface area (Å²) < 4.78 is 16.6. The predicted molar refractivity (Wildman–Crippen MR) is 99.1 cm³/mol. The standard InChI is InChI=1S/C19H24O7S/c1-2-24-12-5-3-11(4-6-12)9-15-13(7-8-27-15)25-19-18(23)17(22)16(21)14(10-20)26-19/h3-8,14,16-23H,2,9-10H2,1H3. The van der Waals surface area contributed by atoms with Crippen LogP contribution in [-0.4, -0.2) is 64.3 Å². The molecule has 0 bridgehead atoms. The van der Waals surface area contributed by atoms with Crippen molar-refractivity contribution in [3.05, 3.63) is 46.2 Å². The summed E-state index contributed by atoms with van der Waals surface area (Å²) in [7, 11) is 0. The molecule has 148 valence electrons. The zero-order valence-corrected chi connectivity index (χ0v) is 15.7. The smallest absolute Gasteiger partial charge is 0.229 e. The molecule has 0 amide bonds. The number of aliphatic hydroxyl groups excluding tert-OH is 4. The van der Waals surface area contributed by atoms with Gasteiger partial charge in [0.15, 0.2) is 0 Å². The fraction of sp³-hybridized carbons (Fsp3) is 0.474. The molecular weight excluding hydrogens is 372 g/mol. The molecular formula is C19H24O7S. The molecule has 0 saturated carbocycles. The highest BCUT2D eigenvalue weighted by molar-refractivity contribution is 7.10. The van der Waals surface area contributed by atoms with Crippen LogP contribution in [0.15, 0.2) is 35.7 Å². The Bertz CT molecular complexity index is 715. The molecule has 1 aliphatic heterocycles. The third-order valence-electron chi connectivity index (χ3n) is 4.40. The summed E-state index contributed by atoms with van der Waals surface area (Å²) in [5, 5.41) is 41.0. The van der Waals surface area contributed by atoms with Crippen LogP contribution in [0.5, 0.6) is 11.5 Å². The molecule has 3 rings (SSSR count). The second-order valence-electron chi connectivity index (χ2n) is 6.28. The lowest BCUT2D eigenvalue weighted by Gasteiger charge is -2.39. The zero-order valence-electron chi connectivity index (χ0n) is 14.9. The lowest BCUT2D eigenvalue weighted by molar-refractivity contribution is -0.277. The van der Waals surface area contributed by atoms with Gasteiger partial charge < -0.3 is 34.6 Å². The topological polar surface area (TPSA) is 109 Å². The van der Waals surface area contributed by atoms with Crippen molar-refractivity contribution in [1.82, 2.24) is 0 Å². The summed E-state index contributed by atoms with van der Waals surface area (Å²) in [6, 6.07) is 9.52. The Labute approximate surface area is 161 Å². The molecule has 7 nitrogen and oxygen atoms in total. The van der Waals surface area contributed by atoms with Crippen molar-refractivity contribution in [2.45, 2.75) is 44.1 Å². The zero-order chi connectivity index (χ0) is 19.4. The Morgan fingerprint density at radius 3 is 2.44 bits per heavy atom. The van der Waals surface area contributed by atoms with Gasteiger partial charge >= 0.3 is 0 Å². The first-order valence-corrected chi connectivity index (χ1v) is 9.66. The van der Waals surface area contributed by atoms with Crippen LogP contribution in [0.4, 0.5) is 0 Å². The van der Waals surface area contributed by atoms with Gasteiger partial charge in [-0.1, -0.05) is 12.1 Å². The Morgan fingerprint density at radius 2 is 1.78 bits per heavy atom. The monoisotopic (exact) mass is 396 g/mol. The number of rotatable bonds is 7. The van der Waals surface area contributed by atoms with Gasteiger partial charge in [0.2, 0.25) is 6.29 Å². The van der Waals surface area contributed by atoms with Crippen LogP contribution < -0.4 is 9.47 Å². The number of ether oxygens (including phenoxy) is 3. The minimum Gasteiger partial charge on any atom is -0.494 e. The van der Waals surface area contributed by atoms with Gasteiger partial charge in [-0.05, 0) is 36.1 Å². The average molecular weight is 396 g/mol. The van der Waals surface area contributed by atoms with Crippen LogP contribution in [0.3, 0.4) is 0 Å². The Morgan fingerprint density at radius 1 is 1.04 bits per heavy atom. The van der Waals surface area contributed by atoms with E-state index in [2.05, 4.69) is 0 Å². The highest BCUT2D eigenvalue weighted by atomic mass is 32.1. The molecule has 1 saturated heterocycles. The fourth-order valence-electron chi connectivity index (χ4n) is 2.91. The van der Waals surface area contributed by atoms with Crippen molar-refractivity contribution in [2.75, 3.05) is 13.2 Å². The van der Waals surface area contributed by atoms with E-state index in [0.29, 0.717) is 18.8 Å². The Kier molecular flexibility index (Phi) is 6.69. The van der Waals surface area contributed by atoms with E-state index in [4.69, 9.17) is 14.2 Å². The molecule has 0 spiro atoms. The first kappa shape index (κ1) is 20.1.